The molecule has 0 aliphatic heterocycles. The Morgan fingerprint density at radius 1 is 1.62 bits per heavy atom. The predicted octanol–water partition coefficient (Wildman–Crippen LogP) is -0.109. The standard InChI is InChI=1S/C2H8NO3P.ClH/c1-2(3)7(4,5)6;/h2H,3H2,1H3,(H2,4,5,6);1H. The number of halogens is 1. The summed E-state index contributed by atoms with van der Waals surface area (Å²) in [5.74, 6) is -1.03. The van der Waals surface area contributed by atoms with Crippen molar-refractivity contribution in [1.29, 1.82) is 0 Å². The predicted molar refractivity (Wildman–Crippen MR) is 32.9 cm³/mol. The summed E-state index contributed by atoms with van der Waals surface area (Å²) in [5, 5.41) is 0. The Hall–Kier alpha value is 0.400. The first-order valence-corrected chi connectivity index (χ1v) is 3.43. The average molecular weight is 162 g/mol. The van der Waals surface area contributed by atoms with E-state index >= 15 is 0 Å². The Balaban J connectivity index is 0. The van der Waals surface area contributed by atoms with Gasteiger partial charge in [0.2, 0.25) is 0 Å². The van der Waals surface area contributed by atoms with Gasteiger partial charge < -0.3 is 15.5 Å². The van der Waals surface area contributed by atoms with E-state index in [1.165, 1.54) is 6.92 Å². The molecule has 0 heterocycles. The zero-order valence-corrected chi connectivity index (χ0v) is 6.02. The average Bonchev–Trinajstić information content (AvgIpc) is 1.31. The summed E-state index contributed by atoms with van der Waals surface area (Å²) < 4.78 is 9.90. The second kappa shape index (κ2) is 3.43. The monoisotopic (exact) mass is 161 g/mol. The molecule has 1 atom stereocenters. The molecule has 0 aliphatic rings. The lowest BCUT2D eigenvalue weighted by molar-refractivity contribution is 0.361. The van der Waals surface area contributed by atoms with Crippen molar-refractivity contribution in [1.82, 2.24) is 0 Å². The molecule has 6 heteroatoms. The molecule has 4 nitrogen and oxygen atoms in total. The van der Waals surface area contributed by atoms with Crippen molar-refractivity contribution in [3.8, 4) is 0 Å². The molecule has 1 unspecified atom stereocenters. The summed E-state index contributed by atoms with van der Waals surface area (Å²) >= 11 is 0. The Morgan fingerprint density at radius 3 is 1.75 bits per heavy atom. The highest BCUT2D eigenvalue weighted by Crippen LogP contribution is 2.37. The minimum atomic E-state index is -3.96. The summed E-state index contributed by atoms with van der Waals surface area (Å²) in [4.78, 5) is 16.2. The van der Waals surface area contributed by atoms with E-state index in [0.29, 0.717) is 0 Å². The Labute approximate surface area is 53.6 Å². The van der Waals surface area contributed by atoms with Gasteiger partial charge in [-0.1, -0.05) is 0 Å². The second-order valence-corrected chi connectivity index (χ2v) is 3.32. The Kier molecular flexibility index (Phi) is 4.82. The van der Waals surface area contributed by atoms with Crippen molar-refractivity contribution in [2.75, 3.05) is 0 Å². The second-order valence-electron chi connectivity index (χ2n) is 1.33. The highest BCUT2D eigenvalue weighted by Gasteiger charge is 2.17. The van der Waals surface area contributed by atoms with Crippen LogP contribution in [0.5, 0.6) is 0 Å². The van der Waals surface area contributed by atoms with Gasteiger partial charge in [0.05, 0.1) is 0 Å². The van der Waals surface area contributed by atoms with Crippen LogP contribution in [0, 0.1) is 0 Å². The van der Waals surface area contributed by atoms with Crippen LogP contribution in [0.25, 0.3) is 0 Å². The van der Waals surface area contributed by atoms with Gasteiger partial charge in [0.15, 0.2) is 0 Å². The molecule has 0 fully saturated rings. The van der Waals surface area contributed by atoms with Crippen LogP contribution in [-0.4, -0.2) is 15.6 Å². The van der Waals surface area contributed by atoms with Crippen LogP contribution in [0.1, 0.15) is 6.92 Å². The van der Waals surface area contributed by atoms with E-state index < -0.39 is 13.4 Å². The summed E-state index contributed by atoms with van der Waals surface area (Å²) in [7, 11) is -3.96. The van der Waals surface area contributed by atoms with E-state index in [-0.39, 0.29) is 12.4 Å². The van der Waals surface area contributed by atoms with Gasteiger partial charge in [-0.2, -0.15) is 0 Å². The molecule has 4 N–H and O–H groups in total. The summed E-state index contributed by atoms with van der Waals surface area (Å²) in [6.07, 6.45) is 0. The minimum Gasteiger partial charge on any atom is -0.323 e. The third-order valence-corrected chi connectivity index (χ3v) is 1.59. The van der Waals surface area contributed by atoms with Gasteiger partial charge in [0, 0.05) is 0 Å². The molecule has 0 aromatic heterocycles. The molecule has 0 aromatic rings. The fraction of sp³-hybridized carbons (Fsp3) is 1.00. The fourth-order valence-electron chi connectivity index (χ4n) is 0. The first-order chi connectivity index (χ1) is 2.94. The molecule has 0 saturated carbocycles. The highest BCUT2D eigenvalue weighted by atomic mass is 35.5. The summed E-state index contributed by atoms with van der Waals surface area (Å²) in [6.45, 7) is 1.26. The Bertz CT molecular complexity index is 99.5. The molecule has 52 valence electrons. The maximum Gasteiger partial charge on any atom is 0.341 e. The van der Waals surface area contributed by atoms with Gasteiger partial charge in [0.25, 0.3) is 0 Å². The van der Waals surface area contributed by atoms with Crippen LogP contribution >= 0.6 is 20.0 Å². The van der Waals surface area contributed by atoms with Crippen LogP contribution in [0.2, 0.25) is 0 Å². The first-order valence-electron chi connectivity index (χ1n) is 1.75. The van der Waals surface area contributed by atoms with E-state index in [1.807, 2.05) is 0 Å². The van der Waals surface area contributed by atoms with Crippen LogP contribution < -0.4 is 5.73 Å². The molecule has 0 bridgehead atoms. The smallest absolute Gasteiger partial charge is 0.323 e. The van der Waals surface area contributed by atoms with Crippen LogP contribution in [0.4, 0.5) is 0 Å². The zero-order valence-electron chi connectivity index (χ0n) is 4.31. The van der Waals surface area contributed by atoms with E-state index in [4.69, 9.17) is 15.5 Å². The van der Waals surface area contributed by atoms with Gasteiger partial charge in [-0.15, -0.1) is 12.4 Å². The van der Waals surface area contributed by atoms with E-state index in [0.717, 1.165) is 0 Å². The molecular weight excluding hydrogens is 152 g/mol. The van der Waals surface area contributed by atoms with Crippen LogP contribution in [0.3, 0.4) is 0 Å². The van der Waals surface area contributed by atoms with E-state index in [9.17, 15) is 4.57 Å². The molecule has 0 aromatic carbocycles. The first kappa shape index (κ1) is 11.2. The fourth-order valence-corrected chi connectivity index (χ4v) is 0. The Morgan fingerprint density at radius 2 is 1.75 bits per heavy atom. The quantitative estimate of drug-likeness (QED) is 0.469. The van der Waals surface area contributed by atoms with Crippen molar-refractivity contribution in [2.24, 2.45) is 5.73 Å². The van der Waals surface area contributed by atoms with Crippen molar-refractivity contribution in [3.63, 3.8) is 0 Å². The largest absolute Gasteiger partial charge is 0.341 e. The van der Waals surface area contributed by atoms with Crippen molar-refractivity contribution >= 4 is 20.0 Å². The van der Waals surface area contributed by atoms with Crippen molar-refractivity contribution in [3.05, 3.63) is 0 Å². The normalized spacial score (nSPS) is 14.5. The van der Waals surface area contributed by atoms with Crippen molar-refractivity contribution < 1.29 is 14.4 Å². The molecular formula is C2H9ClNO3P. The lowest BCUT2D eigenvalue weighted by Gasteiger charge is -2.04. The highest BCUT2D eigenvalue weighted by molar-refractivity contribution is 7.52. The number of hydrogen-bond donors (Lipinski definition) is 3. The molecule has 0 spiro atoms. The van der Waals surface area contributed by atoms with Gasteiger partial charge in [-0.3, -0.25) is 4.57 Å². The summed E-state index contributed by atoms with van der Waals surface area (Å²) in [5.41, 5.74) is 4.81. The molecule has 0 rings (SSSR count). The molecule has 0 amide bonds. The van der Waals surface area contributed by atoms with Crippen molar-refractivity contribution in [2.45, 2.75) is 12.7 Å². The number of rotatable bonds is 1. The number of nitrogens with two attached hydrogens (primary N) is 1. The molecule has 8 heavy (non-hydrogen) atoms. The minimum absolute atomic E-state index is 0. The topological polar surface area (TPSA) is 83.6 Å². The third-order valence-electron chi connectivity index (χ3n) is 0.531. The van der Waals surface area contributed by atoms with Gasteiger partial charge >= 0.3 is 7.60 Å². The van der Waals surface area contributed by atoms with Gasteiger partial charge in [0.1, 0.15) is 5.78 Å². The van der Waals surface area contributed by atoms with Gasteiger partial charge in [-0.25, -0.2) is 0 Å². The molecule has 0 aliphatic carbocycles. The SMILES string of the molecule is CC(N)P(=O)(O)O.Cl. The maximum atomic E-state index is 9.90. The van der Waals surface area contributed by atoms with Gasteiger partial charge in [-0.05, 0) is 6.92 Å². The third kappa shape index (κ3) is 4.56. The number of hydrogen-bond acceptors (Lipinski definition) is 2. The lowest BCUT2D eigenvalue weighted by atomic mass is 10.8. The zero-order chi connectivity index (χ0) is 6.08. The summed E-state index contributed by atoms with van der Waals surface area (Å²) in [6, 6.07) is 0. The van der Waals surface area contributed by atoms with Crippen LogP contribution in [0.15, 0.2) is 0 Å². The maximum absolute atomic E-state index is 9.90. The van der Waals surface area contributed by atoms with E-state index in [1.54, 1.807) is 0 Å². The molecule has 0 radical (unpaired) electrons. The molecule has 0 saturated heterocycles. The van der Waals surface area contributed by atoms with E-state index in [2.05, 4.69) is 0 Å². The lowest BCUT2D eigenvalue weighted by Crippen LogP contribution is -2.14. The van der Waals surface area contributed by atoms with Crippen LogP contribution in [-0.2, 0) is 4.57 Å².